The molecule has 0 aliphatic heterocycles. The SMILES string of the molecule is CCCSc1nc(Cl)c(N)c(NCC)n1. The Morgan fingerprint density at radius 1 is 1.40 bits per heavy atom. The quantitative estimate of drug-likeness (QED) is 0.475. The lowest BCUT2D eigenvalue weighted by molar-refractivity contribution is 0.958. The summed E-state index contributed by atoms with van der Waals surface area (Å²) in [6, 6.07) is 0. The summed E-state index contributed by atoms with van der Waals surface area (Å²) in [6.45, 7) is 4.85. The van der Waals surface area contributed by atoms with Crippen LogP contribution in [0.25, 0.3) is 0 Å². The summed E-state index contributed by atoms with van der Waals surface area (Å²) >= 11 is 7.49. The van der Waals surface area contributed by atoms with E-state index in [9.17, 15) is 0 Å². The highest BCUT2D eigenvalue weighted by Crippen LogP contribution is 2.27. The number of aromatic nitrogens is 2. The van der Waals surface area contributed by atoms with Gasteiger partial charge in [0.2, 0.25) is 0 Å². The van der Waals surface area contributed by atoms with E-state index in [1.807, 2.05) is 6.92 Å². The molecular weight excluding hydrogens is 232 g/mol. The van der Waals surface area contributed by atoms with Gasteiger partial charge in [0, 0.05) is 12.3 Å². The second kappa shape index (κ2) is 6.02. The molecule has 0 aliphatic rings. The van der Waals surface area contributed by atoms with Crippen LogP contribution in [-0.4, -0.2) is 22.3 Å². The summed E-state index contributed by atoms with van der Waals surface area (Å²) in [4.78, 5) is 8.40. The van der Waals surface area contributed by atoms with Gasteiger partial charge in [-0.1, -0.05) is 30.3 Å². The van der Waals surface area contributed by atoms with Crippen LogP contribution in [0.5, 0.6) is 0 Å². The van der Waals surface area contributed by atoms with Crippen LogP contribution < -0.4 is 11.1 Å². The number of hydrogen-bond donors (Lipinski definition) is 2. The van der Waals surface area contributed by atoms with Gasteiger partial charge in [-0.3, -0.25) is 0 Å². The van der Waals surface area contributed by atoms with Gasteiger partial charge < -0.3 is 11.1 Å². The maximum atomic E-state index is 5.90. The lowest BCUT2D eigenvalue weighted by Crippen LogP contribution is -2.06. The molecule has 0 amide bonds. The maximum absolute atomic E-state index is 5.90. The number of nitrogen functional groups attached to an aromatic ring is 1. The molecule has 0 atom stereocenters. The van der Waals surface area contributed by atoms with Gasteiger partial charge in [0.05, 0.1) is 0 Å². The predicted molar refractivity (Wildman–Crippen MR) is 66.6 cm³/mol. The van der Waals surface area contributed by atoms with Crippen LogP contribution in [0.4, 0.5) is 11.5 Å². The van der Waals surface area contributed by atoms with Crippen LogP contribution in [0, 0.1) is 0 Å². The van der Waals surface area contributed by atoms with Crippen LogP contribution >= 0.6 is 23.4 Å². The number of rotatable bonds is 5. The van der Waals surface area contributed by atoms with Gasteiger partial charge in [-0.05, 0) is 13.3 Å². The van der Waals surface area contributed by atoms with Gasteiger partial charge in [0.25, 0.3) is 0 Å². The summed E-state index contributed by atoms with van der Waals surface area (Å²) in [5, 5.41) is 4.05. The molecule has 0 unspecified atom stereocenters. The van der Waals surface area contributed by atoms with Gasteiger partial charge >= 0.3 is 0 Å². The molecule has 0 aromatic carbocycles. The Balaban J connectivity index is 2.90. The van der Waals surface area contributed by atoms with Gasteiger partial charge in [0.15, 0.2) is 16.1 Å². The second-order valence-corrected chi connectivity index (χ2v) is 4.36. The first kappa shape index (κ1) is 12.4. The van der Waals surface area contributed by atoms with Gasteiger partial charge in [-0.15, -0.1) is 0 Å². The smallest absolute Gasteiger partial charge is 0.191 e. The zero-order valence-corrected chi connectivity index (χ0v) is 10.5. The Morgan fingerprint density at radius 3 is 2.73 bits per heavy atom. The average molecular weight is 247 g/mol. The normalized spacial score (nSPS) is 10.3. The van der Waals surface area contributed by atoms with E-state index in [-0.39, 0.29) is 0 Å². The minimum Gasteiger partial charge on any atom is -0.393 e. The van der Waals surface area contributed by atoms with E-state index in [2.05, 4.69) is 22.2 Å². The highest BCUT2D eigenvalue weighted by Gasteiger charge is 2.09. The van der Waals surface area contributed by atoms with Crippen molar-refractivity contribution in [2.75, 3.05) is 23.3 Å². The molecule has 1 rings (SSSR count). The topological polar surface area (TPSA) is 63.8 Å². The van der Waals surface area contributed by atoms with Crippen molar-refractivity contribution in [1.29, 1.82) is 0 Å². The molecule has 84 valence electrons. The van der Waals surface area contributed by atoms with Gasteiger partial charge in [-0.2, -0.15) is 0 Å². The fourth-order valence-electron chi connectivity index (χ4n) is 0.983. The summed E-state index contributed by atoms with van der Waals surface area (Å²) in [7, 11) is 0. The number of nitrogens with one attached hydrogen (secondary N) is 1. The van der Waals surface area contributed by atoms with E-state index in [4.69, 9.17) is 17.3 Å². The van der Waals surface area contributed by atoms with E-state index in [0.29, 0.717) is 21.8 Å². The zero-order chi connectivity index (χ0) is 11.3. The molecule has 1 aromatic heterocycles. The molecule has 0 spiro atoms. The Morgan fingerprint density at radius 2 is 2.13 bits per heavy atom. The van der Waals surface area contributed by atoms with Crippen LogP contribution in [0.3, 0.4) is 0 Å². The first-order chi connectivity index (χ1) is 7.19. The van der Waals surface area contributed by atoms with E-state index < -0.39 is 0 Å². The van der Waals surface area contributed by atoms with E-state index >= 15 is 0 Å². The van der Waals surface area contributed by atoms with Crippen molar-refractivity contribution in [2.45, 2.75) is 25.4 Å². The number of nitrogens with two attached hydrogens (primary N) is 1. The molecule has 0 bridgehead atoms. The molecule has 1 heterocycles. The fourth-order valence-corrected chi connectivity index (χ4v) is 1.90. The zero-order valence-electron chi connectivity index (χ0n) is 8.88. The molecule has 0 saturated carbocycles. The van der Waals surface area contributed by atoms with Crippen molar-refractivity contribution in [3.05, 3.63) is 5.15 Å². The van der Waals surface area contributed by atoms with Crippen LogP contribution in [0.2, 0.25) is 5.15 Å². The number of halogens is 1. The summed E-state index contributed by atoms with van der Waals surface area (Å²) in [5.41, 5.74) is 6.15. The number of thioether (sulfide) groups is 1. The molecule has 0 radical (unpaired) electrons. The molecule has 0 saturated heterocycles. The lowest BCUT2D eigenvalue weighted by atomic mass is 10.5. The standard InChI is InChI=1S/C9H15ClN4S/c1-3-5-15-9-13-7(10)6(11)8(14-9)12-4-2/h3-5,11H2,1-2H3,(H,12,13,14). The largest absolute Gasteiger partial charge is 0.393 e. The monoisotopic (exact) mass is 246 g/mol. The average Bonchev–Trinajstić information content (AvgIpc) is 2.22. The molecule has 4 nitrogen and oxygen atoms in total. The van der Waals surface area contributed by atoms with Crippen molar-refractivity contribution >= 4 is 34.9 Å². The molecular formula is C9H15ClN4S. The molecule has 15 heavy (non-hydrogen) atoms. The Bertz CT molecular complexity index is 332. The van der Waals surface area contributed by atoms with Crippen LogP contribution in [0.1, 0.15) is 20.3 Å². The third-order valence-corrected chi connectivity index (χ3v) is 3.00. The molecule has 0 fully saturated rings. The summed E-state index contributed by atoms with van der Waals surface area (Å²) in [5.74, 6) is 1.60. The van der Waals surface area contributed by atoms with Crippen LogP contribution in [-0.2, 0) is 0 Å². The van der Waals surface area contributed by atoms with E-state index in [1.54, 1.807) is 11.8 Å². The summed E-state index contributed by atoms with van der Waals surface area (Å²) in [6.07, 6.45) is 1.08. The van der Waals surface area contributed by atoms with Crippen molar-refractivity contribution in [1.82, 2.24) is 9.97 Å². The lowest BCUT2D eigenvalue weighted by Gasteiger charge is -2.08. The third kappa shape index (κ3) is 3.43. The van der Waals surface area contributed by atoms with Crippen molar-refractivity contribution in [3.8, 4) is 0 Å². The third-order valence-electron chi connectivity index (χ3n) is 1.66. The number of anilines is 2. The van der Waals surface area contributed by atoms with Crippen molar-refractivity contribution in [3.63, 3.8) is 0 Å². The summed E-state index contributed by atoms with van der Waals surface area (Å²) < 4.78 is 0. The maximum Gasteiger partial charge on any atom is 0.191 e. The molecule has 1 aromatic rings. The molecule has 6 heteroatoms. The van der Waals surface area contributed by atoms with Crippen molar-refractivity contribution in [2.24, 2.45) is 0 Å². The first-order valence-electron chi connectivity index (χ1n) is 4.88. The highest BCUT2D eigenvalue weighted by molar-refractivity contribution is 7.99. The second-order valence-electron chi connectivity index (χ2n) is 2.94. The number of hydrogen-bond acceptors (Lipinski definition) is 5. The van der Waals surface area contributed by atoms with Gasteiger partial charge in [0.1, 0.15) is 5.69 Å². The first-order valence-corrected chi connectivity index (χ1v) is 6.25. The Labute approximate surface area is 99.0 Å². The fraction of sp³-hybridized carbons (Fsp3) is 0.556. The number of nitrogens with zero attached hydrogens (tertiary/aromatic N) is 2. The Kier molecular flexibility index (Phi) is 4.98. The molecule has 0 aliphatic carbocycles. The molecule has 3 N–H and O–H groups in total. The van der Waals surface area contributed by atoms with Crippen molar-refractivity contribution < 1.29 is 0 Å². The predicted octanol–water partition coefficient (Wildman–Crippen LogP) is 2.65. The minimum absolute atomic E-state index is 0.319. The minimum atomic E-state index is 0.319. The van der Waals surface area contributed by atoms with Crippen LogP contribution in [0.15, 0.2) is 5.16 Å². The highest BCUT2D eigenvalue weighted by atomic mass is 35.5. The van der Waals surface area contributed by atoms with E-state index in [1.165, 1.54) is 0 Å². The van der Waals surface area contributed by atoms with E-state index in [0.717, 1.165) is 18.7 Å². The van der Waals surface area contributed by atoms with Gasteiger partial charge in [-0.25, -0.2) is 9.97 Å². The Hall–Kier alpha value is -0.680.